The van der Waals surface area contributed by atoms with E-state index in [-0.39, 0.29) is 0 Å². The van der Waals surface area contributed by atoms with Crippen LogP contribution in [0.3, 0.4) is 0 Å². The third-order valence-electron chi connectivity index (χ3n) is 2.74. The van der Waals surface area contributed by atoms with Crippen molar-refractivity contribution in [2.75, 3.05) is 13.7 Å². The van der Waals surface area contributed by atoms with Gasteiger partial charge in [-0.15, -0.1) is 4.91 Å². The molecule has 1 heterocycles. The van der Waals surface area contributed by atoms with Crippen LogP contribution in [0.15, 0.2) is 23.5 Å². The van der Waals surface area contributed by atoms with E-state index >= 15 is 0 Å². The van der Waals surface area contributed by atoms with Crippen molar-refractivity contribution in [3.05, 3.63) is 34.2 Å². The van der Waals surface area contributed by atoms with Gasteiger partial charge in [0.05, 0.1) is 18.9 Å². The standard InChI is InChI=1S/C11H14N2O2/c1-15-11-5-4-9-3-2-6-13(12-14)8-10(9)7-11/h4-5,7H,2-3,6,8H2,1H3. The number of nitrogens with zero attached hydrogens (tertiary/aromatic N) is 2. The fourth-order valence-corrected chi connectivity index (χ4v) is 1.92. The zero-order valence-corrected chi connectivity index (χ0v) is 8.77. The lowest BCUT2D eigenvalue weighted by Gasteiger charge is -2.12. The van der Waals surface area contributed by atoms with Crippen molar-refractivity contribution in [3.63, 3.8) is 0 Å². The third-order valence-corrected chi connectivity index (χ3v) is 2.74. The van der Waals surface area contributed by atoms with Gasteiger partial charge in [-0.1, -0.05) is 6.07 Å². The van der Waals surface area contributed by atoms with Gasteiger partial charge in [-0.25, -0.2) is 0 Å². The summed E-state index contributed by atoms with van der Waals surface area (Å²) in [5.41, 5.74) is 2.44. The highest BCUT2D eigenvalue weighted by atomic mass is 16.5. The van der Waals surface area contributed by atoms with Gasteiger partial charge in [0, 0.05) is 6.54 Å². The van der Waals surface area contributed by atoms with Crippen molar-refractivity contribution in [1.29, 1.82) is 0 Å². The van der Waals surface area contributed by atoms with E-state index in [2.05, 4.69) is 11.4 Å². The molecule has 0 saturated carbocycles. The van der Waals surface area contributed by atoms with Gasteiger partial charge in [0.2, 0.25) is 0 Å². The largest absolute Gasteiger partial charge is 0.497 e. The minimum absolute atomic E-state index is 0.593. The maximum Gasteiger partial charge on any atom is 0.119 e. The number of benzene rings is 1. The van der Waals surface area contributed by atoms with Gasteiger partial charge >= 0.3 is 0 Å². The molecule has 2 rings (SSSR count). The van der Waals surface area contributed by atoms with Crippen LogP contribution in [-0.2, 0) is 13.0 Å². The number of methoxy groups -OCH3 is 1. The molecule has 0 unspecified atom stereocenters. The molecular formula is C11H14N2O2. The zero-order valence-electron chi connectivity index (χ0n) is 8.77. The smallest absolute Gasteiger partial charge is 0.119 e. The first-order valence-electron chi connectivity index (χ1n) is 5.07. The molecule has 0 amide bonds. The summed E-state index contributed by atoms with van der Waals surface area (Å²) in [6.45, 7) is 1.33. The average molecular weight is 206 g/mol. The molecule has 4 nitrogen and oxygen atoms in total. The normalized spacial score (nSPS) is 15.4. The van der Waals surface area contributed by atoms with E-state index in [4.69, 9.17) is 4.74 Å². The van der Waals surface area contributed by atoms with Crippen molar-refractivity contribution in [1.82, 2.24) is 5.01 Å². The molecule has 0 aliphatic carbocycles. The summed E-state index contributed by atoms with van der Waals surface area (Å²) < 4.78 is 5.16. The van der Waals surface area contributed by atoms with Crippen LogP contribution in [0.25, 0.3) is 0 Å². The zero-order chi connectivity index (χ0) is 10.7. The molecule has 80 valence electrons. The van der Waals surface area contributed by atoms with Crippen LogP contribution in [0.4, 0.5) is 0 Å². The Labute approximate surface area is 88.8 Å². The van der Waals surface area contributed by atoms with Gasteiger partial charge in [-0.2, -0.15) is 0 Å². The van der Waals surface area contributed by atoms with Crippen LogP contribution in [0.5, 0.6) is 5.75 Å². The van der Waals surface area contributed by atoms with Crippen LogP contribution >= 0.6 is 0 Å². The number of fused-ring (bicyclic) bond motifs is 1. The second kappa shape index (κ2) is 4.29. The fourth-order valence-electron chi connectivity index (χ4n) is 1.92. The summed E-state index contributed by atoms with van der Waals surface area (Å²) in [5.74, 6) is 0.835. The molecule has 0 saturated heterocycles. The predicted molar refractivity (Wildman–Crippen MR) is 57.5 cm³/mol. The minimum atomic E-state index is 0.593. The van der Waals surface area contributed by atoms with Crippen LogP contribution < -0.4 is 4.74 Å². The van der Waals surface area contributed by atoms with Gasteiger partial charge in [0.15, 0.2) is 0 Å². The van der Waals surface area contributed by atoms with E-state index < -0.39 is 0 Å². The molecule has 15 heavy (non-hydrogen) atoms. The molecule has 0 aromatic heterocycles. The maximum absolute atomic E-state index is 10.5. The van der Waals surface area contributed by atoms with Gasteiger partial charge in [-0.3, -0.25) is 5.01 Å². The lowest BCUT2D eigenvalue weighted by Crippen LogP contribution is -2.15. The monoisotopic (exact) mass is 206 g/mol. The van der Waals surface area contributed by atoms with Crippen LogP contribution in [-0.4, -0.2) is 18.7 Å². The minimum Gasteiger partial charge on any atom is -0.497 e. The second-order valence-corrected chi connectivity index (χ2v) is 3.71. The molecule has 0 spiro atoms. The van der Waals surface area contributed by atoms with Crippen molar-refractivity contribution >= 4 is 0 Å². The number of aryl methyl sites for hydroxylation is 1. The second-order valence-electron chi connectivity index (χ2n) is 3.71. The van der Waals surface area contributed by atoms with Gasteiger partial charge in [0.1, 0.15) is 5.75 Å². The number of rotatable bonds is 2. The van der Waals surface area contributed by atoms with E-state index in [1.54, 1.807) is 12.1 Å². The molecule has 0 radical (unpaired) electrons. The number of ether oxygens (including phenoxy) is 1. The van der Waals surface area contributed by atoms with Crippen molar-refractivity contribution < 1.29 is 4.74 Å². The van der Waals surface area contributed by atoms with Crippen molar-refractivity contribution in [2.24, 2.45) is 5.29 Å². The quantitative estimate of drug-likeness (QED) is 0.696. The molecule has 1 aliphatic heterocycles. The van der Waals surface area contributed by atoms with E-state index in [9.17, 15) is 4.91 Å². The number of nitroso groups, excluding NO2 is 1. The van der Waals surface area contributed by atoms with E-state index in [0.717, 1.165) is 30.7 Å². The molecule has 0 bridgehead atoms. The summed E-state index contributed by atoms with van der Waals surface area (Å²) >= 11 is 0. The first-order chi connectivity index (χ1) is 7.33. The van der Waals surface area contributed by atoms with Crippen molar-refractivity contribution in [3.8, 4) is 5.75 Å². The van der Waals surface area contributed by atoms with Gasteiger partial charge in [-0.05, 0) is 36.1 Å². The highest BCUT2D eigenvalue weighted by molar-refractivity contribution is 5.36. The molecule has 1 aromatic carbocycles. The Balaban J connectivity index is 2.31. The highest BCUT2D eigenvalue weighted by Crippen LogP contribution is 2.23. The summed E-state index contributed by atoms with van der Waals surface area (Å²) in [5, 5.41) is 4.57. The average Bonchev–Trinajstić information content (AvgIpc) is 2.49. The Morgan fingerprint density at radius 3 is 3.00 bits per heavy atom. The lowest BCUT2D eigenvalue weighted by atomic mass is 10.0. The van der Waals surface area contributed by atoms with E-state index in [1.165, 1.54) is 5.56 Å². The lowest BCUT2D eigenvalue weighted by molar-refractivity contribution is 0.279. The van der Waals surface area contributed by atoms with Gasteiger partial charge < -0.3 is 4.74 Å². The van der Waals surface area contributed by atoms with Crippen LogP contribution in [0.1, 0.15) is 17.5 Å². The molecule has 0 N–H and O–H groups in total. The van der Waals surface area contributed by atoms with Crippen molar-refractivity contribution in [2.45, 2.75) is 19.4 Å². The van der Waals surface area contributed by atoms with Crippen LogP contribution in [0.2, 0.25) is 0 Å². The highest BCUT2D eigenvalue weighted by Gasteiger charge is 2.14. The molecule has 4 heteroatoms. The number of hydrogen-bond acceptors (Lipinski definition) is 3. The summed E-state index contributed by atoms with van der Waals surface area (Å²) in [7, 11) is 1.65. The first-order valence-corrected chi connectivity index (χ1v) is 5.07. The summed E-state index contributed by atoms with van der Waals surface area (Å²) in [6, 6.07) is 6.02. The fraction of sp³-hybridized carbons (Fsp3) is 0.455. The first kappa shape index (κ1) is 9.96. The van der Waals surface area contributed by atoms with E-state index in [1.807, 2.05) is 12.1 Å². The van der Waals surface area contributed by atoms with Crippen LogP contribution in [0, 0.1) is 4.91 Å². The van der Waals surface area contributed by atoms with Gasteiger partial charge in [0.25, 0.3) is 0 Å². The molecule has 1 aliphatic rings. The third kappa shape index (κ3) is 2.09. The Kier molecular flexibility index (Phi) is 2.85. The topological polar surface area (TPSA) is 41.9 Å². The predicted octanol–water partition coefficient (Wildman–Crippen LogP) is 2.12. The molecular weight excluding hydrogens is 192 g/mol. The summed E-state index contributed by atoms with van der Waals surface area (Å²) in [4.78, 5) is 10.5. The molecule has 0 atom stereocenters. The Morgan fingerprint density at radius 1 is 1.40 bits per heavy atom. The van der Waals surface area contributed by atoms with E-state index in [0.29, 0.717) is 6.54 Å². The molecule has 0 fully saturated rings. The summed E-state index contributed by atoms with van der Waals surface area (Å²) in [6.07, 6.45) is 1.98. The Hall–Kier alpha value is -1.58. The Morgan fingerprint density at radius 2 is 2.27 bits per heavy atom. The maximum atomic E-state index is 10.5. The Bertz CT molecular complexity index is 366. The SMILES string of the molecule is COc1ccc2c(c1)CN(N=O)CCC2. The number of hydrogen-bond donors (Lipinski definition) is 0. The molecule has 1 aromatic rings.